The quantitative estimate of drug-likeness (QED) is 0.775. The first-order valence-electron chi connectivity index (χ1n) is 9.74. The Morgan fingerprint density at radius 1 is 1.21 bits per heavy atom. The first-order valence-corrected chi connectivity index (χ1v) is 9.74. The van der Waals surface area contributed by atoms with E-state index < -0.39 is 0 Å². The van der Waals surface area contributed by atoms with Crippen LogP contribution in [0.25, 0.3) is 0 Å². The largest absolute Gasteiger partial charge is 0.390 e. The van der Waals surface area contributed by atoms with Crippen LogP contribution in [0.1, 0.15) is 24.5 Å². The number of anilines is 1. The Balaban J connectivity index is 1.66. The molecule has 1 aliphatic rings. The average molecular weight is 398 g/mol. The van der Waals surface area contributed by atoms with Crippen LogP contribution in [0.3, 0.4) is 0 Å². The summed E-state index contributed by atoms with van der Waals surface area (Å²) in [5, 5.41) is 7.00. The van der Waals surface area contributed by atoms with E-state index in [-0.39, 0.29) is 24.5 Å². The number of urea groups is 1. The second kappa shape index (κ2) is 9.41. The molecule has 7 heteroatoms. The third-order valence-corrected chi connectivity index (χ3v) is 4.81. The number of nitrogens with zero attached hydrogens (tertiary/aromatic N) is 3. The monoisotopic (exact) mass is 398 g/mol. The molecule has 0 saturated heterocycles. The average Bonchev–Trinajstić information content (AvgIpc) is 3.18. The van der Waals surface area contributed by atoms with Crippen molar-refractivity contribution in [1.82, 2.24) is 10.2 Å². The van der Waals surface area contributed by atoms with Crippen LogP contribution in [-0.2, 0) is 11.4 Å². The van der Waals surface area contributed by atoms with Gasteiger partial charge < -0.3 is 20.0 Å². The summed E-state index contributed by atoms with van der Waals surface area (Å²) in [5.74, 6) is -0.327. The number of amides is 2. The molecule has 0 aromatic heterocycles. The standard InChI is InChI=1S/C22H27FN4O2/c1-4-24-22(28)27(14-17-7-5-6-8-20(17)23)15-19-13-21(25-29-19)16-9-11-18(12-10-16)26(2)3/h5-12,19H,4,13-15H2,1-3H3,(H,24,28). The SMILES string of the molecule is CCNC(=O)N(Cc1ccccc1F)CC1CC(c2ccc(N(C)C)cc2)=NO1. The number of rotatable bonds is 7. The van der Waals surface area contributed by atoms with Crippen molar-refractivity contribution in [3.63, 3.8) is 0 Å². The molecule has 1 atom stereocenters. The van der Waals surface area contributed by atoms with Gasteiger partial charge in [0.25, 0.3) is 0 Å². The number of carbonyl (C=O) groups is 1. The second-order valence-electron chi connectivity index (χ2n) is 7.22. The number of benzene rings is 2. The third kappa shape index (κ3) is 5.25. The van der Waals surface area contributed by atoms with Crippen LogP contribution in [0.2, 0.25) is 0 Å². The molecule has 0 fully saturated rings. The zero-order valence-corrected chi connectivity index (χ0v) is 17.1. The van der Waals surface area contributed by atoms with Gasteiger partial charge in [-0.25, -0.2) is 9.18 Å². The van der Waals surface area contributed by atoms with Crippen LogP contribution in [0.15, 0.2) is 53.7 Å². The highest BCUT2D eigenvalue weighted by molar-refractivity contribution is 6.01. The van der Waals surface area contributed by atoms with E-state index in [4.69, 9.17) is 4.84 Å². The normalized spacial score (nSPS) is 15.4. The smallest absolute Gasteiger partial charge is 0.317 e. The van der Waals surface area contributed by atoms with E-state index in [1.54, 1.807) is 23.1 Å². The van der Waals surface area contributed by atoms with Crippen molar-refractivity contribution in [2.75, 3.05) is 32.1 Å². The molecule has 1 N–H and O–H groups in total. The first-order chi connectivity index (χ1) is 14.0. The van der Waals surface area contributed by atoms with E-state index in [0.717, 1.165) is 17.0 Å². The van der Waals surface area contributed by atoms with Crippen LogP contribution in [-0.4, -0.2) is 49.9 Å². The van der Waals surface area contributed by atoms with Crippen LogP contribution >= 0.6 is 0 Å². The van der Waals surface area contributed by atoms with E-state index in [1.807, 2.05) is 50.2 Å². The molecule has 3 rings (SSSR count). The Morgan fingerprint density at radius 3 is 2.59 bits per heavy atom. The summed E-state index contributed by atoms with van der Waals surface area (Å²) in [4.78, 5) is 21.7. The fourth-order valence-electron chi connectivity index (χ4n) is 3.21. The van der Waals surface area contributed by atoms with Gasteiger partial charge in [0.2, 0.25) is 0 Å². The summed E-state index contributed by atoms with van der Waals surface area (Å²) in [6, 6.07) is 14.3. The van der Waals surface area contributed by atoms with Gasteiger partial charge in [-0.05, 0) is 30.7 Å². The number of nitrogens with one attached hydrogen (secondary N) is 1. The highest BCUT2D eigenvalue weighted by Crippen LogP contribution is 2.21. The molecule has 6 nitrogen and oxygen atoms in total. The van der Waals surface area contributed by atoms with E-state index in [0.29, 0.717) is 25.1 Å². The molecule has 1 heterocycles. The molecule has 29 heavy (non-hydrogen) atoms. The number of carbonyl (C=O) groups excluding carboxylic acids is 1. The highest BCUT2D eigenvalue weighted by Gasteiger charge is 2.27. The number of hydrogen-bond acceptors (Lipinski definition) is 4. The molecule has 154 valence electrons. The zero-order valence-electron chi connectivity index (χ0n) is 17.1. The molecule has 0 radical (unpaired) electrons. The van der Waals surface area contributed by atoms with Gasteiger partial charge in [-0.15, -0.1) is 0 Å². The molecule has 1 aliphatic heterocycles. The van der Waals surface area contributed by atoms with Gasteiger partial charge in [-0.1, -0.05) is 35.5 Å². The third-order valence-electron chi connectivity index (χ3n) is 4.81. The molecule has 2 amide bonds. The van der Waals surface area contributed by atoms with Crippen molar-refractivity contribution in [3.05, 3.63) is 65.5 Å². The Kier molecular flexibility index (Phi) is 6.69. The zero-order chi connectivity index (χ0) is 20.8. The molecule has 0 saturated carbocycles. The van der Waals surface area contributed by atoms with Crippen molar-refractivity contribution in [2.24, 2.45) is 5.16 Å². The van der Waals surface area contributed by atoms with E-state index in [1.165, 1.54) is 6.07 Å². The molecule has 0 spiro atoms. The predicted molar refractivity (Wildman–Crippen MR) is 113 cm³/mol. The van der Waals surface area contributed by atoms with Gasteiger partial charge in [0.05, 0.1) is 18.8 Å². The predicted octanol–water partition coefficient (Wildman–Crippen LogP) is 3.62. The van der Waals surface area contributed by atoms with Crippen LogP contribution < -0.4 is 10.2 Å². The molecule has 0 aliphatic carbocycles. The summed E-state index contributed by atoms with van der Waals surface area (Å²) in [6.45, 7) is 2.84. The summed E-state index contributed by atoms with van der Waals surface area (Å²) >= 11 is 0. The van der Waals surface area contributed by atoms with Gasteiger partial charge in [-0.2, -0.15) is 0 Å². The fourth-order valence-corrected chi connectivity index (χ4v) is 3.21. The van der Waals surface area contributed by atoms with Crippen LogP contribution in [0, 0.1) is 5.82 Å². The molecule has 2 aromatic rings. The van der Waals surface area contributed by atoms with Gasteiger partial charge in [0, 0.05) is 38.3 Å². The van der Waals surface area contributed by atoms with Crippen molar-refractivity contribution < 1.29 is 14.0 Å². The summed E-state index contributed by atoms with van der Waals surface area (Å²) < 4.78 is 14.1. The minimum atomic E-state index is -0.327. The Bertz CT molecular complexity index is 867. The van der Waals surface area contributed by atoms with Crippen molar-refractivity contribution in [3.8, 4) is 0 Å². The lowest BCUT2D eigenvalue weighted by Gasteiger charge is -2.25. The van der Waals surface area contributed by atoms with Crippen molar-refractivity contribution >= 4 is 17.4 Å². The molecule has 1 unspecified atom stereocenters. The molecule has 2 aromatic carbocycles. The summed E-state index contributed by atoms with van der Waals surface area (Å²) in [5.41, 5.74) is 3.42. The van der Waals surface area contributed by atoms with E-state index in [9.17, 15) is 9.18 Å². The molecule has 0 bridgehead atoms. The van der Waals surface area contributed by atoms with Gasteiger partial charge in [0.1, 0.15) is 5.82 Å². The summed E-state index contributed by atoms with van der Waals surface area (Å²) in [7, 11) is 3.99. The topological polar surface area (TPSA) is 57.2 Å². The van der Waals surface area contributed by atoms with Gasteiger partial charge >= 0.3 is 6.03 Å². The van der Waals surface area contributed by atoms with E-state index >= 15 is 0 Å². The van der Waals surface area contributed by atoms with Crippen LogP contribution in [0.4, 0.5) is 14.9 Å². The number of oxime groups is 1. The van der Waals surface area contributed by atoms with Gasteiger partial charge in [-0.3, -0.25) is 0 Å². The number of hydrogen-bond donors (Lipinski definition) is 1. The summed E-state index contributed by atoms with van der Waals surface area (Å²) in [6.07, 6.45) is 0.321. The minimum Gasteiger partial charge on any atom is -0.390 e. The van der Waals surface area contributed by atoms with Crippen LogP contribution in [0.5, 0.6) is 0 Å². The second-order valence-corrected chi connectivity index (χ2v) is 7.22. The number of halogens is 1. The molecular weight excluding hydrogens is 371 g/mol. The van der Waals surface area contributed by atoms with Gasteiger partial charge in [0.15, 0.2) is 6.10 Å². The van der Waals surface area contributed by atoms with Crippen molar-refractivity contribution in [2.45, 2.75) is 26.0 Å². The lowest BCUT2D eigenvalue weighted by Crippen LogP contribution is -2.43. The van der Waals surface area contributed by atoms with Crippen molar-refractivity contribution in [1.29, 1.82) is 0 Å². The Morgan fingerprint density at radius 2 is 1.93 bits per heavy atom. The van der Waals surface area contributed by atoms with E-state index in [2.05, 4.69) is 10.5 Å². The lowest BCUT2D eigenvalue weighted by molar-refractivity contribution is 0.0588. The fraction of sp³-hybridized carbons (Fsp3) is 0.364. The maximum absolute atomic E-state index is 14.1. The highest BCUT2D eigenvalue weighted by atomic mass is 19.1. The maximum Gasteiger partial charge on any atom is 0.317 e. The lowest BCUT2D eigenvalue weighted by atomic mass is 10.0. The first kappa shape index (κ1) is 20.6. The Labute approximate surface area is 170 Å². The maximum atomic E-state index is 14.1. The molecular formula is C22H27FN4O2. The Hall–Kier alpha value is -3.09. The minimum absolute atomic E-state index is 0.172.